The van der Waals surface area contributed by atoms with E-state index in [0.29, 0.717) is 0 Å². The van der Waals surface area contributed by atoms with Crippen LogP contribution in [0.15, 0.2) is 0 Å². The highest BCUT2D eigenvalue weighted by Crippen LogP contribution is 2.34. The molecule has 0 aromatic heterocycles. The lowest BCUT2D eigenvalue weighted by Gasteiger charge is -2.49. The minimum absolute atomic E-state index is 0.787. The summed E-state index contributed by atoms with van der Waals surface area (Å²) in [4.78, 5) is 5.14. The molecule has 18 heavy (non-hydrogen) atoms. The zero-order valence-corrected chi connectivity index (χ0v) is 12.5. The summed E-state index contributed by atoms with van der Waals surface area (Å²) in [6.07, 6.45) is 8.41. The Morgan fingerprint density at radius 2 is 1.83 bits per heavy atom. The molecular weight excluding hydrogens is 222 g/mol. The number of hydrogen-bond acceptors (Lipinski definition) is 3. The number of nitrogens with zero attached hydrogens (tertiary/aromatic N) is 2. The molecule has 2 saturated heterocycles. The van der Waals surface area contributed by atoms with Crippen LogP contribution >= 0.6 is 0 Å². The van der Waals surface area contributed by atoms with E-state index >= 15 is 0 Å². The van der Waals surface area contributed by atoms with Crippen molar-refractivity contribution < 1.29 is 0 Å². The fourth-order valence-corrected chi connectivity index (χ4v) is 3.87. The molecule has 2 unspecified atom stereocenters. The van der Waals surface area contributed by atoms with Crippen LogP contribution in [0.2, 0.25) is 0 Å². The van der Waals surface area contributed by atoms with E-state index in [2.05, 4.69) is 36.1 Å². The van der Waals surface area contributed by atoms with E-state index in [-0.39, 0.29) is 0 Å². The number of rotatable bonds is 6. The minimum atomic E-state index is 0.787. The summed E-state index contributed by atoms with van der Waals surface area (Å²) >= 11 is 0. The van der Waals surface area contributed by atoms with Gasteiger partial charge in [-0.1, -0.05) is 13.3 Å². The third-order valence-electron chi connectivity index (χ3n) is 4.64. The van der Waals surface area contributed by atoms with E-state index in [1.807, 2.05) is 0 Å². The molecule has 0 saturated carbocycles. The van der Waals surface area contributed by atoms with Crippen molar-refractivity contribution in [1.29, 1.82) is 0 Å². The van der Waals surface area contributed by atoms with Gasteiger partial charge in [-0.15, -0.1) is 0 Å². The average Bonchev–Trinajstić information content (AvgIpc) is 2.29. The molecule has 0 aromatic rings. The predicted molar refractivity (Wildman–Crippen MR) is 78.0 cm³/mol. The van der Waals surface area contributed by atoms with Gasteiger partial charge < -0.3 is 10.2 Å². The molecule has 106 valence electrons. The summed E-state index contributed by atoms with van der Waals surface area (Å²) in [6.45, 7) is 5.91. The van der Waals surface area contributed by atoms with Crippen LogP contribution in [0.3, 0.4) is 0 Å². The van der Waals surface area contributed by atoms with Gasteiger partial charge in [0.15, 0.2) is 0 Å². The average molecular weight is 253 g/mol. The van der Waals surface area contributed by atoms with Gasteiger partial charge in [0.05, 0.1) is 0 Å². The van der Waals surface area contributed by atoms with Gasteiger partial charge in [-0.3, -0.25) is 4.90 Å². The number of fused-ring (bicyclic) bond motifs is 2. The quantitative estimate of drug-likeness (QED) is 0.780. The summed E-state index contributed by atoms with van der Waals surface area (Å²) in [6, 6.07) is 2.52. The Hall–Kier alpha value is -0.120. The Kier molecular flexibility index (Phi) is 5.46. The van der Waals surface area contributed by atoms with Crippen molar-refractivity contribution in [2.24, 2.45) is 0 Å². The highest BCUT2D eigenvalue weighted by atomic mass is 15.2. The maximum absolute atomic E-state index is 3.67. The Labute approximate surface area is 113 Å². The largest absolute Gasteiger partial charge is 0.314 e. The van der Waals surface area contributed by atoms with Crippen LogP contribution in [0.4, 0.5) is 0 Å². The fraction of sp³-hybridized carbons (Fsp3) is 1.00. The Morgan fingerprint density at radius 1 is 1.17 bits per heavy atom. The highest BCUT2D eigenvalue weighted by Gasteiger charge is 2.37. The lowest BCUT2D eigenvalue weighted by molar-refractivity contribution is 0.0228. The van der Waals surface area contributed by atoms with Crippen LogP contribution in [0.1, 0.15) is 45.4 Å². The molecule has 2 bridgehead atoms. The minimum Gasteiger partial charge on any atom is -0.314 e. The molecule has 2 aliphatic heterocycles. The van der Waals surface area contributed by atoms with Crippen molar-refractivity contribution in [2.45, 2.75) is 63.6 Å². The lowest BCUT2D eigenvalue weighted by Crippen LogP contribution is -2.56. The molecular formula is C15H31N3. The SMILES string of the molecule is CCNC1CC2CCCC(C1)N2CCCN(C)C. The topological polar surface area (TPSA) is 18.5 Å². The first-order chi connectivity index (χ1) is 8.70. The summed E-state index contributed by atoms with van der Waals surface area (Å²) in [5, 5.41) is 3.67. The van der Waals surface area contributed by atoms with Gasteiger partial charge in [-0.2, -0.15) is 0 Å². The van der Waals surface area contributed by atoms with Gasteiger partial charge in [-0.05, 0) is 65.8 Å². The van der Waals surface area contributed by atoms with Gasteiger partial charge in [0.2, 0.25) is 0 Å². The first kappa shape index (κ1) is 14.3. The molecule has 0 radical (unpaired) electrons. The van der Waals surface area contributed by atoms with Crippen molar-refractivity contribution in [3.05, 3.63) is 0 Å². The zero-order chi connectivity index (χ0) is 13.0. The maximum Gasteiger partial charge on any atom is 0.0113 e. The van der Waals surface area contributed by atoms with E-state index in [0.717, 1.165) is 24.7 Å². The van der Waals surface area contributed by atoms with E-state index in [4.69, 9.17) is 0 Å². The van der Waals surface area contributed by atoms with Crippen molar-refractivity contribution in [3.8, 4) is 0 Å². The van der Waals surface area contributed by atoms with Crippen molar-refractivity contribution in [3.63, 3.8) is 0 Å². The number of nitrogens with one attached hydrogen (secondary N) is 1. The van der Waals surface area contributed by atoms with E-state index in [1.165, 1.54) is 51.6 Å². The van der Waals surface area contributed by atoms with Gasteiger partial charge in [0.1, 0.15) is 0 Å². The van der Waals surface area contributed by atoms with Crippen molar-refractivity contribution in [1.82, 2.24) is 15.1 Å². The lowest BCUT2D eigenvalue weighted by atomic mass is 9.81. The molecule has 0 aliphatic carbocycles. The van der Waals surface area contributed by atoms with Gasteiger partial charge in [0.25, 0.3) is 0 Å². The standard InChI is InChI=1S/C15H31N3/c1-4-16-13-11-14-7-5-8-15(12-13)18(14)10-6-9-17(2)3/h13-16H,4-12H2,1-3H3. The molecule has 0 aromatic carbocycles. The normalized spacial score (nSPS) is 33.0. The number of piperidine rings is 2. The molecule has 3 heteroatoms. The van der Waals surface area contributed by atoms with Crippen LogP contribution in [0.5, 0.6) is 0 Å². The zero-order valence-electron chi connectivity index (χ0n) is 12.5. The summed E-state index contributed by atoms with van der Waals surface area (Å²) in [5.41, 5.74) is 0. The highest BCUT2D eigenvalue weighted by molar-refractivity contribution is 4.94. The van der Waals surface area contributed by atoms with Crippen molar-refractivity contribution in [2.75, 3.05) is 33.7 Å². The summed E-state index contributed by atoms with van der Waals surface area (Å²) in [7, 11) is 4.36. The monoisotopic (exact) mass is 253 g/mol. The molecule has 2 heterocycles. The Bertz CT molecular complexity index is 228. The van der Waals surface area contributed by atoms with E-state index in [9.17, 15) is 0 Å². The molecule has 0 spiro atoms. The first-order valence-electron chi connectivity index (χ1n) is 7.84. The second-order valence-corrected chi connectivity index (χ2v) is 6.36. The molecule has 2 rings (SSSR count). The second-order valence-electron chi connectivity index (χ2n) is 6.36. The van der Waals surface area contributed by atoms with Crippen LogP contribution < -0.4 is 5.32 Å². The third-order valence-corrected chi connectivity index (χ3v) is 4.64. The molecule has 2 atom stereocenters. The molecule has 2 aliphatic rings. The number of hydrogen-bond donors (Lipinski definition) is 1. The summed E-state index contributed by atoms with van der Waals surface area (Å²) < 4.78 is 0. The molecule has 3 nitrogen and oxygen atoms in total. The van der Waals surface area contributed by atoms with Crippen LogP contribution in [-0.4, -0.2) is 61.7 Å². The Balaban J connectivity index is 1.83. The van der Waals surface area contributed by atoms with Gasteiger partial charge in [-0.25, -0.2) is 0 Å². The summed E-state index contributed by atoms with van der Waals surface area (Å²) in [5.74, 6) is 0. The predicted octanol–water partition coefficient (Wildman–Crippen LogP) is 1.93. The van der Waals surface area contributed by atoms with Crippen LogP contribution in [0.25, 0.3) is 0 Å². The first-order valence-corrected chi connectivity index (χ1v) is 7.84. The maximum atomic E-state index is 3.67. The van der Waals surface area contributed by atoms with Gasteiger partial charge >= 0.3 is 0 Å². The van der Waals surface area contributed by atoms with Crippen LogP contribution in [0, 0.1) is 0 Å². The second kappa shape index (κ2) is 6.88. The van der Waals surface area contributed by atoms with Crippen molar-refractivity contribution >= 4 is 0 Å². The molecule has 2 fully saturated rings. The third kappa shape index (κ3) is 3.69. The van der Waals surface area contributed by atoms with Crippen LogP contribution in [-0.2, 0) is 0 Å². The molecule has 1 N–H and O–H groups in total. The molecule has 0 amide bonds. The Morgan fingerprint density at radius 3 is 2.39 bits per heavy atom. The van der Waals surface area contributed by atoms with E-state index in [1.54, 1.807) is 0 Å². The smallest absolute Gasteiger partial charge is 0.0113 e. The van der Waals surface area contributed by atoms with E-state index < -0.39 is 0 Å². The fourth-order valence-electron chi connectivity index (χ4n) is 3.87. The van der Waals surface area contributed by atoms with Gasteiger partial charge in [0, 0.05) is 18.1 Å².